The number of benzene rings is 2. The Morgan fingerprint density at radius 1 is 1.06 bits per heavy atom. The molecular formula is C27H28N6O3. The van der Waals surface area contributed by atoms with Crippen LogP contribution in [0.4, 0.5) is 10.6 Å². The summed E-state index contributed by atoms with van der Waals surface area (Å²) in [5, 5.41) is 14.7. The number of hydrogen-bond acceptors (Lipinski definition) is 6. The van der Waals surface area contributed by atoms with Crippen LogP contribution in [0.3, 0.4) is 0 Å². The molecule has 0 saturated carbocycles. The number of ether oxygens (including phenoxy) is 1. The van der Waals surface area contributed by atoms with Crippen molar-refractivity contribution in [1.29, 1.82) is 5.26 Å². The molecule has 2 aromatic carbocycles. The van der Waals surface area contributed by atoms with Crippen LogP contribution in [0.5, 0.6) is 0 Å². The first-order chi connectivity index (χ1) is 17.6. The predicted molar refractivity (Wildman–Crippen MR) is 136 cm³/mol. The standard InChI is InChI=1S/C27H28N6O3/c1-2-3-12-29-27(35)32-25-24(31-23(18-30-25)20-6-4-19(17-28)5-7-20)21-8-10-22(11-9-21)26(34)33-13-15-36-16-14-33/h4-11,18H,2-3,12-16H2,1H3,(H2,29,30,32,35). The van der Waals surface area contributed by atoms with E-state index in [0.717, 1.165) is 18.4 Å². The largest absolute Gasteiger partial charge is 0.378 e. The second kappa shape index (κ2) is 11.9. The van der Waals surface area contributed by atoms with Crippen LogP contribution in [0.15, 0.2) is 54.7 Å². The van der Waals surface area contributed by atoms with Crippen LogP contribution >= 0.6 is 0 Å². The first-order valence-corrected chi connectivity index (χ1v) is 12.0. The highest BCUT2D eigenvalue weighted by Crippen LogP contribution is 2.28. The van der Waals surface area contributed by atoms with Gasteiger partial charge in [-0.15, -0.1) is 0 Å². The molecule has 1 aromatic heterocycles. The number of nitrogens with one attached hydrogen (secondary N) is 2. The Kier molecular flexibility index (Phi) is 8.21. The predicted octanol–water partition coefficient (Wildman–Crippen LogP) is 4.08. The maximum absolute atomic E-state index is 12.8. The maximum Gasteiger partial charge on any atom is 0.320 e. The quantitative estimate of drug-likeness (QED) is 0.488. The number of amides is 3. The minimum absolute atomic E-state index is 0.0454. The van der Waals surface area contributed by atoms with E-state index in [9.17, 15) is 9.59 Å². The van der Waals surface area contributed by atoms with Crippen LogP contribution in [0.25, 0.3) is 22.5 Å². The molecule has 1 aliphatic rings. The molecule has 1 fully saturated rings. The van der Waals surface area contributed by atoms with Gasteiger partial charge in [0, 0.05) is 36.3 Å². The van der Waals surface area contributed by atoms with E-state index < -0.39 is 0 Å². The van der Waals surface area contributed by atoms with Gasteiger partial charge < -0.3 is 15.0 Å². The lowest BCUT2D eigenvalue weighted by atomic mass is 10.1. The monoisotopic (exact) mass is 484 g/mol. The molecule has 1 aliphatic heterocycles. The normalized spacial score (nSPS) is 13.1. The average molecular weight is 485 g/mol. The van der Waals surface area contributed by atoms with E-state index in [2.05, 4.69) is 28.6 Å². The molecule has 4 rings (SSSR count). The second-order valence-corrected chi connectivity index (χ2v) is 8.36. The molecule has 0 spiro atoms. The van der Waals surface area contributed by atoms with E-state index in [1.807, 2.05) is 0 Å². The maximum atomic E-state index is 12.8. The van der Waals surface area contributed by atoms with Crippen molar-refractivity contribution in [3.63, 3.8) is 0 Å². The molecule has 3 amide bonds. The SMILES string of the molecule is CCCCNC(=O)Nc1ncc(-c2ccc(C#N)cc2)nc1-c1ccc(C(=O)N2CCOCC2)cc1. The molecule has 184 valence electrons. The molecule has 2 heterocycles. The fraction of sp³-hybridized carbons (Fsp3) is 0.296. The van der Waals surface area contributed by atoms with Crippen LogP contribution in [0.1, 0.15) is 35.7 Å². The van der Waals surface area contributed by atoms with Gasteiger partial charge >= 0.3 is 6.03 Å². The van der Waals surface area contributed by atoms with Crippen LogP contribution in [0.2, 0.25) is 0 Å². The summed E-state index contributed by atoms with van der Waals surface area (Å²) in [6.07, 6.45) is 3.44. The summed E-state index contributed by atoms with van der Waals surface area (Å²) in [4.78, 5) is 36.3. The number of rotatable bonds is 7. The van der Waals surface area contributed by atoms with Crippen LogP contribution in [-0.2, 0) is 4.74 Å². The van der Waals surface area contributed by atoms with E-state index in [1.165, 1.54) is 0 Å². The summed E-state index contributed by atoms with van der Waals surface area (Å²) < 4.78 is 5.33. The van der Waals surface area contributed by atoms with Crippen molar-refractivity contribution in [1.82, 2.24) is 20.2 Å². The Morgan fingerprint density at radius 3 is 2.42 bits per heavy atom. The molecule has 0 radical (unpaired) electrons. The van der Waals surface area contributed by atoms with E-state index in [1.54, 1.807) is 59.6 Å². The van der Waals surface area contributed by atoms with Crippen LogP contribution < -0.4 is 10.6 Å². The van der Waals surface area contributed by atoms with Crippen molar-refractivity contribution >= 4 is 17.8 Å². The first-order valence-electron chi connectivity index (χ1n) is 12.0. The van der Waals surface area contributed by atoms with Crippen molar-refractivity contribution in [2.75, 3.05) is 38.2 Å². The zero-order chi connectivity index (χ0) is 25.3. The van der Waals surface area contributed by atoms with Crippen LogP contribution in [-0.4, -0.2) is 59.7 Å². The minimum atomic E-state index is -0.357. The van der Waals surface area contributed by atoms with Gasteiger partial charge in [-0.3, -0.25) is 10.1 Å². The molecule has 2 N–H and O–H groups in total. The molecule has 36 heavy (non-hydrogen) atoms. The third kappa shape index (κ3) is 6.03. The Labute approximate surface area is 210 Å². The van der Waals surface area contributed by atoms with Crippen molar-refractivity contribution in [3.05, 3.63) is 65.9 Å². The van der Waals surface area contributed by atoms with Gasteiger partial charge in [-0.05, 0) is 30.7 Å². The van der Waals surface area contributed by atoms with E-state index in [-0.39, 0.29) is 11.9 Å². The molecule has 0 unspecified atom stereocenters. The second-order valence-electron chi connectivity index (χ2n) is 8.36. The Morgan fingerprint density at radius 2 is 1.75 bits per heavy atom. The fourth-order valence-electron chi connectivity index (χ4n) is 3.79. The number of morpholine rings is 1. The highest BCUT2D eigenvalue weighted by atomic mass is 16.5. The number of nitrogens with zero attached hydrogens (tertiary/aromatic N) is 4. The van der Waals surface area contributed by atoms with Crippen molar-refractivity contribution in [3.8, 4) is 28.6 Å². The van der Waals surface area contributed by atoms with E-state index in [4.69, 9.17) is 15.0 Å². The number of aromatic nitrogens is 2. The number of hydrogen-bond donors (Lipinski definition) is 2. The van der Waals surface area contributed by atoms with Crippen molar-refractivity contribution in [2.24, 2.45) is 0 Å². The average Bonchev–Trinajstić information content (AvgIpc) is 2.93. The summed E-state index contributed by atoms with van der Waals surface area (Å²) >= 11 is 0. The zero-order valence-corrected chi connectivity index (χ0v) is 20.2. The number of anilines is 1. The Bertz CT molecular complexity index is 1250. The van der Waals surface area contributed by atoms with E-state index in [0.29, 0.717) is 66.7 Å². The summed E-state index contributed by atoms with van der Waals surface area (Å²) in [6.45, 7) is 4.83. The van der Waals surface area contributed by atoms with Gasteiger partial charge in [0.15, 0.2) is 5.82 Å². The molecule has 0 bridgehead atoms. The fourth-order valence-corrected chi connectivity index (χ4v) is 3.79. The molecule has 9 heteroatoms. The zero-order valence-electron chi connectivity index (χ0n) is 20.2. The van der Waals surface area contributed by atoms with Gasteiger partial charge in [0.05, 0.1) is 36.7 Å². The number of carbonyl (C=O) groups excluding carboxylic acids is 2. The van der Waals surface area contributed by atoms with Gasteiger partial charge in [0.2, 0.25) is 0 Å². The third-order valence-corrected chi connectivity index (χ3v) is 5.83. The van der Waals surface area contributed by atoms with Gasteiger partial charge in [0.1, 0.15) is 5.69 Å². The van der Waals surface area contributed by atoms with Gasteiger partial charge in [-0.2, -0.15) is 5.26 Å². The smallest absolute Gasteiger partial charge is 0.320 e. The highest BCUT2D eigenvalue weighted by molar-refractivity contribution is 5.96. The molecule has 0 atom stereocenters. The molecule has 0 aliphatic carbocycles. The number of carbonyl (C=O) groups is 2. The van der Waals surface area contributed by atoms with Crippen molar-refractivity contribution < 1.29 is 14.3 Å². The number of unbranched alkanes of at least 4 members (excludes halogenated alkanes) is 1. The summed E-state index contributed by atoms with van der Waals surface area (Å²) in [5.41, 5.74) is 3.70. The number of urea groups is 1. The lowest BCUT2D eigenvalue weighted by Gasteiger charge is -2.26. The molecule has 9 nitrogen and oxygen atoms in total. The summed E-state index contributed by atoms with van der Waals surface area (Å²) in [7, 11) is 0. The van der Waals surface area contributed by atoms with E-state index >= 15 is 0 Å². The Balaban J connectivity index is 1.63. The number of nitriles is 1. The lowest BCUT2D eigenvalue weighted by Crippen LogP contribution is -2.40. The lowest BCUT2D eigenvalue weighted by molar-refractivity contribution is 0.0303. The van der Waals surface area contributed by atoms with Crippen LogP contribution in [0, 0.1) is 11.3 Å². The highest BCUT2D eigenvalue weighted by Gasteiger charge is 2.19. The topological polar surface area (TPSA) is 120 Å². The third-order valence-electron chi connectivity index (χ3n) is 5.83. The van der Waals surface area contributed by atoms with Gasteiger partial charge in [-0.25, -0.2) is 14.8 Å². The summed E-state index contributed by atoms with van der Waals surface area (Å²) in [6, 6.07) is 15.9. The van der Waals surface area contributed by atoms with Gasteiger partial charge in [0.25, 0.3) is 5.91 Å². The summed E-state index contributed by atoms with van der Waals surface area (Å²) in [5.74, 6) is 0.268. The Hall–Kier alpha value is -4.29. The molecule has 3 aromatic rings. The van der Waals surface area contributed by atoms with Crippen molar-refractivity contribution in [2.45, 2.75) is 19.8 Å². The molecular weight excluding hydrogens is 456 g/mol. The van der Waals surface area contributed by atoms with Gasteiger partial charge in [-0.1, -0.05) is 37.6 Å². The first kappa shape index (κ1) is 24.8. The minimum Gasteiger partial charge on any atom is -0.378 e. The molecule has 1 saturated heterocycles.